The van der Waals surface area contributed by atoms with E-state index in [-0.39, 0.29) is 5.41 Å². The van der Waals surface area contributed by atoms with Gasteiger partial charge in [-0.15, -0.1) is 0 Å². The zero-order chi connectivity index (χ0) is 17.8. The number of halogens is 1. The summed E-state index contributed by atoms with van der Waals surface area (Å²) < 4.78 is 6.06. The lowest BCUT2D eigenvalue weighted by Crippen LogP contribution is -2.53. The van der Waals surface area contributed by atoms with Crippen LogP contribution in [0.25, 0.3) is 0 Å². The second-order valence-electron chi connectivity index (χ2n) is 9.96. The molecule has 9 unspecified atom stereocenters. The van der Waals surface area contributed by atoms with E-state index < -0.39 is 0 Å². The SMILES string of the molecule is COC1CC2C(CCC3(C)C(C(=O)CBr)CCC23)C2CCC(C)CC12. The summed E-state index contributed by atoms with van der Waals surface area (Å²) in [7, 11) is 1.94. The number of fused-ring (bicyclic) bond motifs is 5. The Morgan fingerprint density at radius 1 is 1.04 bits per heavy atom. The molecule has 0 aromatic carbocycles. The van der Waals surface area contributed by atoms with Gasteiger partial charge in [0.05, 0.1) is 11.4 Å². The lowest BCUT2D eigenvalue weighted by Gasteiger charge is -2.57. The molecule has 0 aromatic heterocycles. The van der Waals surface area contributed by atoms with Gasteiger partial charge in [0.2, 0.25) is 0 Å². The van der Waals surface area contributed by atoms with Gasteiger partial charge in [0.25, 0.3) is 0 Å². The molecule has 0 aromatic rings. The highest BCUT2D eigenvalue weighted by Gasteiger charge is 2.59. The molecule has 0 N–H and O–H groups in total. The van der Waals surface area contributed by atoms with Crippen LogP contribution in [0.2, 0.25) is 0 Å². The number of alkyl halides is 1. The second kappa shape index (κ2) is 6.93. The number of ether oxygens (including phenoxy) is 1. The van der Waals surface area contributed by atoms with E-state index in [1.807, 2.05) is 7.11 Å². The Labute approximate surface area is 162 Å². The standard InChI is InChI=1S/C22H35BrO2/c1-13-4-5-14-15-8-9-22(2)18(6-7-19(22)20(24)12-23)16(15)11-21(25-3)17(14)10-13/h13-19,21H,4-12H2,1-3H3. The van der Waals surface area contributed by atoms with Gasteiger partial charge in [0, 0.05) is 13.0 Å². The van der Waals surface area contributed by atoms with Crippen LogP contribution < -0.4 is 0 Å². The lowest BCUT2D eigenvalue weighted by molar-refractivity contribution is -0.138. The minimum Gasteiger partial charge on any atom is -0.381 e. The summed E-state index contributed by atoms with van der Waals surface area (Å²) in [6.07, 6.45) is 10.9. The maximum Gasteiger partial charge on any atom is 0.147 e. The number of hydrogen-bond donors (Lipinski definition) is 0. The van der Waals surface area contributed by atoms with Crippen LogP contribution in [0.1, 0.15) is 65.2 Å². The van der Waals surface area contributed by atoms with Crippen LogP contribution in [0, 0.1) is 46.8 Å². The van der Waals surface area contributed by atoms with Crippen molar-refractivity contribution >= 4 is 21.7 Å². The first-order valence-corrected chi connectivity index (χ1v) is 11.7. The molecule has 142 valence electrons. The molecular formula is C22H35BrO2. The van der Waals surface area contributed by atoms with Gasteiger partial charge in [0.15, 0.2) is 0 Å². The third kappa shape index (κ3) is 2.87. The maximum absolute atomic E-state index is 12.5. The first-order valence-electron chi connectivity index (χ1n) is 10.6. The van der Waals surface area contributed by atoms with Crippen molar-refractivity contribution in [2.45, 2.75) is 71.3 Å². The molecule has 3 heteroatoms. The zero-order valence-electron chi connectivity index (χ0n) is 16.2. The van der Waals surface area contributed by atoms with Crippen molar-refractivity contribution in [1.29, 1.82) is 0 Å². The number of carbonyl (C=O) groups is 1. The molecule has 0 saturated heterocycles. The molecule has 0 amide bonds. The minimum atomic E-state index is 0.249. The molecule has 4 fully saturated rings. The molecule has 4 rings (SSSR count). The van der Waals surface area contributed by atoms with Gasteiger partial charge < -0.3 is 4.74 Å². The monoisotopic (exact) mass is 410 g/mol. The average Bonchev–Trinajstić information content (AvgIpc) is 2.97. The molecule has 2 nitrogen and oxygen atoms in total. The summed E-state index contributed by atoms with van der Waals surface area (Å²) >= 11 is 3.44. The number of ketones is 1. The van der Waals surface area contributed by atoms with Crippen molar-refractivity contribution in [3.63, 3.8) is 0 Å². The fraction of sp³-hybridized carbons (Fsp3) is 0.955. The number of Topliss-reactive ketones (excluding diaryl/α,β-unsaturated/α-hetero) is 1. The fourth-order valence-corrected chi connectivity index (χ4v) is 8.32. The number of carbonyl (C=O) groups excluding carboxylic acids is 1. The summed E-state index contributed by atoms with van der Waals surface area (Å²) in [5.41, 5.74) is 0.249. The molecule has 0 bridgehead atoms. The van der Waals surface area contributed by atoms with Gasteiger partial charge in [-0.05, 0) is 85.9 Å². The highest BCUT2D eigenvalue weighted by molar-refractivity contribution is 9.09. The summed E-state index contributed by atoms with van der Waals surface area (Å²) in [5.74, 6) is 5.74. The van der Waals surface area contributed by atoms with Crippen molar-refractivity contribution in [3.05, 3.63) is 0 Å². The van der Waals surface area contributed by atoms with Gasteiger partial charge in [-0.25, -0.2) is 0 Å². The Kier molecular flexibility index (Phi) is 5.12. The Morgan fingerprint density at radius 3 is 2.52 bits per heavy atom. The summed E-state index contributed by atoms with van der Waals surface area (Å²) in [5, 5.41) is 0.539. The highest BCUT2D eigenvalue weighted by Crippen LogP contribution is 2.64. The first kappa shape index (κ1) is 18.5. The molecule has 0 aliphatic heterocycles. The minimum absolute atomic E-state index is 0.249. The smallest absolute Gasteiger partial charge is 0.147 e. The molecule has 4 saturated carbocycles. The van der Waals surface area contributed by atoms with Crippen molar-refractivity contribution in [2.75, 3.05) is 12.4 Å². The lowest BCUT2D eigenvalue weighted by atomic mass is 9.48. The quantitative estimate of drug-likeness (QED) is 0.575. The van der Waals surface area contributed by atoms with Crippen LogP contribution in [0.4, 0.5) is 0 Å². The zero-order valence-corrected chi connectivity index (χ0v) is 17.8. The molecular weight excluding hydrogens is 376 g/mol. The third-order valence-corrected chi connectivity index (χ3v) is 9.62. The fourth-order valence-electron chi connectivity index (χ4n) is 7.93. The van der Waals surface area contributed by atoms with E-state index in [0.717, 1.165) is 41.9 Å². The van der Waals surface area contributed by atoms with E-state index in [4.69, 9.17) is 4.74 Å². The van der Waals surface area contributed by atoms with Crippen LogP contribution in [-0.4, -0.2) is 24.3 Å². The molecule has 0 heterocycles. The van der Waals surface area contributed by atoms with Crippen molar-refractivity contribution in [1.82, 2.24) is 0 Å². The number of methoxy groups -OCH3 is 1. The van der Waals surface area contributed by atoms with Crippen molar-refractivity contribution < 1.29 is 9.53 Å². The predicted molar refractivity (Wildman–Crippen MR) is 105 cm³/mol. The average molecular weight is 411 g/mol. The molecule has 4 aliphatic rings. The van der Waals surface area contributed by atoms with Gasteiger partial charge >= 0.3 is 0 Å². The summed E-state index contributed by atoms with van der Waals surface area (Å²) in [6.45, 7) is 4.88. The van der Waals surface area contributed by atoms with Gasteiger partial charge in [-0.2, -0.15) is 0 Å². The van der Waals surface area contributed by atoms with E-state index in [2.05, 4.69) is 29.8 Å². The summed E-state index contributed by atoms with van der Waals surface area (Å²) in [4.78, 5) is 12.5. The number of rotatable bonds is 3. The highest BCUT2D eigenvalue weighted by atomic mass is 79.9. The summed E-state index contributed by atoms with van der Waals surface area (Å²) in [6, 6.07) is 0. The Hall–Kier alpha value is 0.110. The third-order valence-electron chi connectivity index (χ3n) is 9.06. The van der Waals surface area contributed by atoms with Crippen LogP contribution in [0.3, 0.4) is 0 Å². The van der Waals surface area contributed by atoms with Crippen LogP contribution >= 0.6 is 15.9 Å². The number of hydrogen-bond acceptors (Lipinski definition) is 2. The van der Waals surface area contributed by atoms with E-state index in [9.17, 15) is 4.79 Å². The topological polar surface area (TPSA) is 26.3 Å². The van der Waals surface area contributed by atoms with Crippen LogP contribution in [-0.2, 0) is 9.53 Å². The van der Waals surface area contributed by atoms with Crippen LogP contribution in [0.15, 0.2) is 0 Å². The first-order chi connectivity index (χ1) is 12.0. The van der Waals surface area contributed by atoms with Gasteiger partial charge in [-0.1, -0.05) is 36.2 Å². The molecule has 25 heavy (non-hydrogen) atoms. The largest absolute Gasteiger partial charge is 0.381 e. The normalized spacial score (nSPS) is 52.2. The Bertz CT molecular complexity index is 520. The van der Waals surface area contributed by atoms with E-state index in [0.29, 0.717) is 23.1 Å². The van der Waals surface area contributed by atoms with Gasteiger partial charge in [0.1, 0.15) is 5.78 Å². The molecule has 9 atom stereocenters. The maximum atomic E-state index is 12.5. The van der Waals surface area contributed by atoms with Gasteiger partial charge in [-0.3, -0.25) is 4.79 Å². The molecule has 4 aliphatic carbocycles. The predicted octanol–water partition coefficient (Wildman–Crippen LogP) is 5.48. The Balaban J connectivity index is 1.60. The van der Waals surface area contributed by atoms with Crippen molar-refractivity contribution in [2.24, 2.45) is 46.8 Å². The van der Waals surface area contributed by atoms with Crippen LogP contribution in [0.5, 0.6) is 0 Å². The molecule has 0 radical (unpaired) electrons. The van der Waals surface area contributed by atoms with E-state index in [1.165, 1.54) is 44.9 Å². The van der Waals surface area contributed by atoms with E-state index >= 15 is 0 Å². The molecule has 0 spiro atoms. The Morgan fingerprint density at radius 2 is 1.80 bits per heavy atom. The second-order valence-corrected chi connectivity index (χ2v) is 10.5. The van der Waals surface area contributed by atoms with E-state index in [1.54, 1.807) is 0 Å². The van der Waals surface area contributed by atoms with Crippen molar-refractivity contribution in [3.8, 4) is 0 Å².